The van der Waals surface area contributed by atoms with Crippen LogP contribution in [0.2, 0.25) is 0 Å². The Morgan fingerprint density at radius 3 is 2.44 bits per heavy atom. The molecule has 2 saturated heterocycles. The quantitative estimate of drug-likeness (QED) is 0.714. The topological polar surface area (TPSA) is 54.0 Å². The largest absolute Gasteiger partial charge is 0.497 e. The Morgan fingerprint density at radius 1 is 1.06 bits per heavy atom. The Balaban J connectivity index is 1.59. The van der Waals surface area contributed by atoms with Gasteiger partial charge in [0.25, 0.3) is 0 Å². The van der Waals surface area contributed by atoms with Crippen molar-refractivity contribution in [3.05, 3.63) is 53.6 Å². The van der Waals surface area contributed by atoms with Gasteiger partial charge >= 0.3 is 6.03 Å². The number of methoxy groups -OCH3 is 1. The van der Waals surface area contributed by atoms with E-state index in [0.29, 0.717) is 13.2 Å². The van der Waals surface area contributed by atoms with Crippen molar-refractivity contribution in [2.24, 2.45) is 0 Å². The molecule has 32 heavy (non-hydrogen) atoms. The van der Waals surface area contributed by atoms with Crippen LogP contribution in [0.5, 0.6) is 5.75 Å². The van der Waals surface area contributed by atoms with Gasteiger partial charge in [-0.25, -0.2) is 4.79 Å². The second-order valence-electron chi connectivity index (χ2n) is 9.64. The molecule has 0 saturated carbocycles. The molecule has 0 spiro atoms. The number of rotatable bonds is 4. The summed E-state index contributed by atoms with van der Waals surface area (Å²) < 4.78 is 10.8. The molecule has 0 bridgehead atoms. The molecule has 4 rings (SSSR count). The lowest BCUT2D eigenvalue weighted by molar-refractivity contribution is 0.123. The molecule has 2 aliphatic rings. The number of hydrogen-bond donors (Lipinski definition) is 1. The molecule has 0 radical (unpaired) electrons. The van der Waals surface area contributed by atoms with Gasteiger partial charge in [-0.2, -0.15) is 0 Å². The molecule has 2 amide bonds. The number of urea groups is 1. The second-order valence-corrected chi connectivity index (χ2v) is 9.64. The first-order chi connectivity index (χ1) is 15.4. The third-order valence-corrected chi connectivity index (χ3v) is 6.47. The van der Waals surface area contributed by atoms with E-state index in [1.165, 1.54) is 5.56 Å². The lowest BCUT2D eigenvalue weighted by atomic mass is 9.86. The fraction of sp³-hybridized carbons (Fsp3) is 0.500. The van der Waals surface area contributed by atoms with Gasteiger partial charge in [0.15, 0.2) is 0 Å². The summed E-state index contributed by atoms with van der Waals surface area (Å²) >= 11 is 0. The molecule has 6 heteroatoms. The SMILES string of the molecule is COc1ccc(C2CCCN2C(=O)Nc2cc(C(C)(C)C)ccc2N2CCOCC2)cc1. The van der Waals surface area contributed by atoms with Crippen LogP contribution in [-0.2, 0) is 10.2 Å². The summed E-state index contributed by atoms with van der Waals surface area (Å²) in [6.07, 6.45) is 1.97. The van der Waals surface area contributed by atoms with E-state index >= 15 is 0 Å². The number of anilines is 2. The van der Waals surface area contributed by atoms with Gasteiger partial charge in [-0.3, -0.25) is 0 Å². The molecule has 2 aliphatic heterocycles. The number of nitrogens with zero attached hydrogens (tertiary/aromatic N) is 2. The van der Waals surface area contributed by atoms with E-state index in [1.54, 1.807) is 7.11 Å². The van der Waals surface area contributed by atoms with E-state index in [2.05, 4.69) is 61.3 Å². The average Bonchev–Trinajstić information content (AvgIpc) is 3.29. The van der Waals surface area contributed by atoms with Crippen molar-refractivity contribution in [3.8, 4) is 5.75 Å². The van der Waals surface area contributed by atoms with Crippen LogP contribution in [-0.4, -0.2) is 50.9 Å². The lowest BCUT2D eigenvalue weighted by Gasteiger charge is -2.33. The summed E-state index contributed by atoms with van der Waals surface area (Å²) in [5.74, 6) is 0.830. The van der Waals surface area contributed by atoms with Gasteiger partial charge in [-0.05, 0) is 53.6 Å². The standard InChI is InChI=1S/C26H35N3O3/c1-26(2,3)20-9-12-24(28-14-16-32-17-15-28)22(18-20)27-25(30)29-13-5-6-23(29)19-7-10-21(31-4)11-8-19/h7-12,18,23H,5-6,13-17H2,1-4H3,(H,27,30). The Kier molecular flexibility index (Phi) is 6.60. The van der Waals surface area contributed by atoms with Crippen molar-refractivity contribution in [1.82, 2.24) is 4.90 Å². The number of amides is 2. The van der Waals surface area contributed by atoms with Crippen molar-refractivity contribution >= 4 is 17.4 Å². The zero-order valence-corrected chi connectivity index (χ0v) is 19.7. The van der Waals surface area contributed by atoms with E-state index in [1.807, 2.05) is 17.0 Å². The molecule has 6 nitrogen and oxygen atoms in total. The van der Waals surface area contributed by atoms with Crippen molar-refractivity contribution in [3.63, 3.8) is 0 Å². The summed E-state index contributed by atoms with van der Waals surface area (Å²) in [7, 11) is 1.67. The van der Waals surface area contributed by atoms with Crippen LogP contribution in [0.25, 0.3) is 0 Å². The third-order valence-electron chi connectivity index (χ3n) is 6.47. The van der Waals surface area contributed by atoms with E-state index < -0.39 is 0 Å². The van der Waals surface area contributed by atoms with E-state index in [9.17, 15) is 4.79 Å². The molecule has 2 fully saturated rings. The smallest absolute Gasteiger partial charge is 0.322 e. The zero-order valence-electron chi connectivity index (χ0n) is 19.7. The van der Waals surface area contributed by atoms with Crippen LogP contribution < -0.4 is 15.0 Å². The number of benzene rings is 2. The minimum atomic E-state index is -0.0381. The van der Waals surface area contributed by atoms with Crippen molar-refractivity contribution in [2.75, 3.05) is 50.2 Å². The maximum Gasteiger partial charge on any atom is 0.322 e. The fourth-order valence-electron chi connectivity index (χ4n) is 4.55. The molecule has 1 N–H and O–H groups in total. The summed E-state index contributed by atoms with van der Waals surface area (Å²) in [6.45, 7) is 10.4. The summed E-state index contributed by atoms with van der Waals surface area (Å²) in [4.78, 5) is 17.7. The van der Waals surface area contributed by atoms with Gasteiger partial charge in [-0.15, -0.1) is 0 Å². The predicted octanol–water partition coefficient (Wildman–Crippen LogP) is 5.20. The van der Waals surface area contributed by atoms with Crippen LogP contribution in [0, 0.1) is 0 Å². The molecule has 2 aromatic carbocycles. The summed E-state index contributed by atoms with van der Waals surface area (Å²) in [5.41, 5.74) is 4.30. The highest BCUT2D eigenvalue weighted by molar-refractivity contribution is 5.94. The molecular formula is C26H35N3O3. The van der Waals surface area contributed by atoms with E-state index in [0.717, 1.165) is 55.2 Å². The molecule has 1 unspecified atom stereocenters. The number of nitrogens with one attached hydrogen (secondary N) is 1. The Hall–Kier alpha value is -2.73. The van der Waals surface area contributed by atoms with Crippen LogP contribution in [0.3, 0.4) is 0 Å². The first-order valence-corrected chi connectivity index (χ1v) is 11.6. The van der Waals surface area contributed by atoms with Gasteiger partial charge in [0.05, 0.1) is 37.7 Å². The molecule has 2 aromatic rings. The zero-order chi connectivity index (χ0) is 22.7. The third kappa shape index (κ3) is 4.85. The molecule has 0 aliphatic carbocycles. The first kappa shape index (κ1) is 22.5. The summed E-state index contributed by atoms with van der Waals surface area (Å²) in [5, 5.41) is 3.26. The van der Waals surface area contributed by atoms with Gasteiger partial charge < -0.3 is 24.6 Å². The second kappa shape index (κ2) is 9.41. The molecule has 172 valence electrons. The number of likely N-dealkylation sites (tertiary alicyclic amines) is 1. The average molecular weight is 438 g/mol. The van der Waals surface area contributed by atoms with Gasteiger partial charge in [-0.1, -0.05) is 39.0 Å². The van der Waals surface area contributed by atoms with Crippen LogP contribution in [0.1, 0.15) is 50.8 Å². The number of morpholine rings is 1. The molecule has 2 heterocycles. The minimum absolute atomic E-state index is 0.00227. The summed E-state index contributed by atoms with van der Waals surface area (Å²) in [6, 6.07) is 14.6. The fourth-order valence-corrected chi connectivity index (χ4v) is 4.55. The van der Waals surface area contributed by atoms with Crippen molar-refractivity contribution in [2.45, 2.75) is 45.1 Å². The molecular weight excluding hydrogens is 402 g/mol. The maximum absolute atomic E-state index is 13.5. The Labute approximate surface area is 191 Å². The van der Waals surface area contributed by atoms with Crippen molar-refractivity contribution in [1.29, 1.82) is 0 Å². The molecule has 1 atom stereocenters. The van der Waals surface area contributed by atoms with Crippen molar-refractivity contribution < 1.29 is 14.3 Å². The van der Waals surface area contributed by atoms with Crippen LogP contribution in [0.4, 0.5) is 16.2 Å². The Morgan fingerprint density at radius 2 is 1.78 bits per heavy atom. The number of ether oxygens (including phenoxy) is 2. The highest BCUT2D eigenvalue weighted by Gasteiger charge is 2.31. The highest BCUT2D eigenvalue weighted by Crippen LogP contribution is 2.36. The highest BCUT2D eigenvalue weighted by atomic mass is 16.5. The number of carbonyl (C=O) groups excluding carboxylic acids is 1. The van der Waals surface area contributed by atoms with Gasteiger partial charge in [0, 0.05) is 19.6 Å². The number of carbonyl (C=O) groups is 1. The molecule has 0 aromatic heterocycles. The minimum Gasteiger partial charge on any atom is -0.497 e. The van der Waals surface area contributed by atoms with E-state index in [4.69, 9.17) is 9.47 Å². The maximum atomic E-state index is 13.5. The lowest BCUT2D eigenvalue weighted by Crippen LogP contribution is -2.38. The first-order valence-electron chi connectivity index (χ1n) is 11.6. The monoisotopic (exact) mass is 437 g/mol. The van der Waals surface area contributed by atoms with Crippen LogP contribution >= 0.6 is 0 Å². The normalized spacial score (nSPS) is 19.2. The van der Waals surface area contributed by atoms with Gasteiger partial charge in [0.1, 0.15) is 5.75 Å². The number of hydrogen-bond acceptors (Lipinski definition) is 4. The Bertz CT molecular complexity index is 930. The van der Waals surface area contributed by atoms with E-state index in [-0.39, 0.29) is 17.5 Å². The predicted molar refractivity (Wildman–Crippen MR) is 129 cm³/mol. The van der Waals surface area contributed by atoms with Gasteiger partial charge in [0.2, 0.25) is 0 Å². The van der Waals surface area contributed by atoms with Crippen LogP contribution in [0.15, 0.2) is 42.5 Å².